The number of carbonyl (C=O) groups excluding carboxylic acids is 4. The molecule has 2 aliphatic heterocycles. The summed E-state index contributed by atoms with van der Waals surface area (Å²) in [7, 11) is 0. The first-order valence-corrected chi connectivity index (χ1v) is 14.2. The lowest BCUT2D eigenvalue weighted by Crippen LogP contribution is -2.55. The molecule has 2 bridgehead atoms. The van der Waals surface area contributed by atoms with Crippen LogP contribution in [0.15, 0.2) is 47.4 Å². The Morgan fingerprint density at radius 3 is 2.66 bits per heavy atom. The van der Waals surface area contributed by atoms with E-state index in [0.29, 0.717) is 38.8 Å². The molecule has 10 nitrogen and oxygen atoms in total. The molecule has 1 aromatic heterocycles. The smallest absolute Gasteiger partial charge is 0.257 e. The highest BCUT2D eigenvalue weighted by Gasteiger charge is 2.37. The third kappa shape index (κ3) is 7.59. The Balaban J connectivity index is 1.58. The van der Waals surface area contributed by atoms with E-state index in [9.17, 15) is 28.4 Å². The number of pyridine rings is 1. The summed E-state index contributed by atoms with van der Waals surface area (Å²) in [6, 6.07) is 7.89. The van der Waals surface area contributed by atoms with Gasteiger partial charge in [0.2, 0.25) is 17.7 Å². The lowest BCUT2D eigenvalue weighted by Gasteiger charge is -2.32. The zero-order chi connectivity index (χ0) is 29.5. The Kier molecular flexibility index (Phi) is 9.91. The van der Waals surface area contributed by atoms with Crippen LogP contribution in [0.1, 0.15) is 55.5 Å². The van der Waals surface area contributed by atoms with Crippen LogP contribution in [0.2, 0.25) is 0 Å². The molecule has 220 valence electrons. The number of halogens is 1. The lowest BCUT2D eigenvalue weighted by atomic mass is 10.0. The molecule has 0 unspecified atom stereocenters. The van der Waals surface area contributed by atoms with Crippen LogP contribution in [-0.2, 0) is 27.3 Å². The second-order valence-corrected chi connectivity index (χ2v) is 11.0. The second kappa shape index (κ2) is 13.6. The Bertz CT molecular complexity index is 1340. The van der Waals surface area contributed by atoms with Gasteiger partial charge in [-0.1, -0.05) is 26.0 Å². The van der Waals surface area contributed by atoms with Crippen LogP contribution >= 0.6 is 0 Å². The van der Waals surface area contributed by atoms with Crippen molar-refractivity contribution >= 4 is 23.6 Å². The van der Waals surface area contributed by atoms with Crippen molar-refractivity contribution in [1.82, 2.24) is 25.0 Å². The topological polar surface area (TPSA) is 121 Å². The fourth-order valence-electron chi connectivity index (χ4n) is 5.29. The largest absolute Gasteiger partial charge is 0.355 e. The van der Waals surface area contributed by atoms with Crippen LogP contribution in [0.4, 0.5) is 4.39 Å². The van der Waals surface area contributed by atoms with E-state index in [1.54, 1.807) is 24.4 Å². The Hall–Kier alpha value is -4.02. The van der Waals surface area contributed by atoms with E-state index in [-0.39, 0.29) is 60.8 Å². The van der Waals surface area contributed by atoms with E-state index in [4.69, 9.17) is 0 Å². The highest BCUT2D eigenvalue weighted by molar-refractivity contribution is 5.98. The molecule has 4 amide bonds. The van der Waals surface area contributed by atoms with Gasteiger partial charge in [0, 0.05) is 50.9 Å². The number of rotatable bonds is 4. The quantitative estimate of drug-likeness (QED) is 0.583. The molecule has 0 aliphatic carbocycles. The zero-order valence-electron chi connectivity index (χ0n) is 23.6. The molecule has 2 aromatic rings. The van der Waals surface area contributed by atoms with Crippen LogP contribution in [0.3, 0.4) is 0 Å². The van der Waals surface area contributed by atoms with Crippen molar-refractivity contribution in [1.29, 1.82) is 0 Å². The van der Waals surface area contributed by atoms with Gasteiger partial charge in [0.05, 0.1) is 12.1 Å². The third-order valence-electron chi connectivity index (χ3n) is 7.74. The van der Waals surface area contributed by atoms with E-state index in [1.807, 2.05) is 13.8 Å². The number of hydrogen-bond acceptors (Lipinski definition) is 5. The molecule has 0 saturated carbocycles. The Morgan fingerprint density at radius 1 is 1.10 bits per heavy atom. The number of benzene rings is 1. The molecule has 4 rings (SSSR count). The van der Waals surface area contributed by atoms with E-state index in [2.05, 4.69) is 10.6 Å². The summed E-state index contributed by atoms with van der Waals surface area (Å²) in [5.74, 6) is -2.29. The SMILES string of the molecule is CC(C)[C@@H]1CN(C(=O)CCn2ccccc2=O)CC(=O)NCCCc2ccc(F)c(c2)C(=O)N2CCC[C@H]2C(=O)N1. The molecule has 3 heterocycles. The number of carbonyl (C=O) groups is 4. The molecule has 2 N–H and O–H groups in total. The van der Waals surface area contributed by atoms with Gasteiger partial charge in [0.25, 0.3) is 11.5 Å². The van der Waals surface area contributed by atoms with Gasteiger partial charge in [0.1, 0.15) is 11.9 Å². The zero-order valence-corrected chi connectivity index (χ0v) is 23.6. The number of fused-ring (bicyclic) bond motifs is 3. The average Bonchev–Trinajstić information content (AvgIpc) is 3.44. The molecule has 2 atom stereocenters. The van der Waals surface area contributed by atoms with Crippen LogP contribution in [0, 0.1) is 11.7 Å². The second-order valence-electron chi connectivity index (χ2n) is 11.0. The molecule has 2 aliphatic rings. The van der Waals surface area contributed by atoms with Crippen LogP contribution in [0.25, 0.3) is 0 Å². The van der Waals surface area contributed by atoms with Gasteiger partial charge in [0.15, 0.2) is 0 Å². The van der Waals surface area contributed by atoms with Gasteiger partial charge in [-0.3, -0.25) is 24.0 Å². The summed E-state index contributed by atoms with van der Waals surface area (Å²) < 4.78 is 16.2. The highest BCUT2D eigenvalue weighted by Crippen LogP contribution is 2.23. The van der Waals surface area contributed by atoms with Gasteiger partial charge in [-0.05, 0) is 55.4 Å². The Morgan fingerprint density at radius 2 is 1.90 bits per heavy atom. The highest BCUT2D eigenvalue weighted by atomic mass is 19.1. The maximum Gasteiger partial charge on any atom is 0.257 e. The van der Waals surface area contributed by atoms with Gasteiger partial charge in [-0.25, -0.2) is 4.39 Å². The summed E-state index contributed by atoms with van der Waals surface area (Å²) in [5, 5.41) is 5.83. The molecule has 0 spiro atoms. The van der Waals surface area contributed by atoms with Crippen LogP contribution in [-0.4, -0.2) is 76.3 Å². The minimum atomic E-state index is -0.764. The summed E-state index contributed by atoms with van der Waals surface area (Å²) >= 11 is 0. The van der Waals surface area contributed by atoms with E-state index in [1.165, 1.54) is 32.6 Å². The van der Waals surface area contributed by atoms with E-state index < -0.39 is 23.8 Å². The molecule has 1 saturated heterocycles. The van der Waals surface area contributed by atoms with Crippen LogP contribution in [0.5, 0.6) is 0 Å². The number of aromatic nitrogens is 1. The minimum absolute atomic E-state index is 0.00202. The van der Waals surface area contributed by atoms with Gasteiger partial charge >= 0.3 is 0 Å². The maximum atomic E-state index is 14.7. The first kappa shape index (κ1) is 30.0. The molecule has 1 aromatic carbocycles. The fraction of sp³-hybridized carbons (Fsp3) is 0.500. The first-order valence-electron chi connectivity index (χ1n) is 14.2. The Labute approximate surface area is 238 Å². The van der Waals surface area contributed by atoms with Gasteiger partial charge in [-0.15, -0.1) is 0 Å². The number of nitrogens with zero attached hydrogens (tertiary/aromatic N) is 3. The van der Waals surface area contributed by atoms with Crippen molar-refractivity contribution in [3.63, 3.8) is 0 Å². The van der Waals surface area contributed by atoms with Crippen molar-refractivity contribution < 1.29 is 23.6 Å². The van der Waals surface area contributed by atoms with Crippen molar-refractivity contribution in [2.24, 2.45) is 5.92 Å². The predicted molar refractivity (Wildman–Crippen MR) is 150 cm³/mol. The molecule has 41 heavy (non-hydrogen) atoms. The summed E-state index contributed by atoms with van der Waals surface area (Å²) in [5.41, 5.74) is 0.460. The van der Waals surface area contributed by atoms with Crippen molar-refractivity contribution in [3.8, 4) is 0 Å². The van der Waals surface area contributed by atoms with Gasteiger partial charge in [-0.2, -0.15) is 0 Å². The van der Waals surface area contributed by atoms with E-state index >= 15 is 0 Å². The normalized spacial score (nSPS) is 20.8. The first-order chi connectivity index (χ1) is 19.6. The lowest BCUT2D eigenvalue weighted by molar-refractivity contribution is -0.137. The number of aryl methyl sites for hydroxylation is 2. The molecule has 0 radical (unpaired) electrons. The predicted octanol–water partition coefficient (Wildman–Crippen LogP) is 1.71. The summed E-state index contributed by atoms with van der Waals surface area (Å²) in [6.07, 6.45) is 3.72. The third-order valence-corrected chi connectivity index (χ3v) is 7.74. The van der Waals surface area contributed by atoms with Crippen LogP contribution < -0.4 is 16.2 Å². The minimum Gasteiger partial charge on any atom is -0.355 e. The number of amides is 4. The van der Waals surface area contributed by atoms with Gasteiger partial charge < -0.3 is 25.0 Å². The standard InChI is InChI=1S/C30H38FN5O5/c1-20(2)24-18-35(28(39)12-16-34-14-4-3-9-27(34)38)19-26(37)32-13-5-7-21-10-11-23(31)22(17-21)30(41)36-15-6-8-25(36)29(40)33-24/h3-4,9-11,14,17,20,24-25H,5-8,12-13,15-16,18-19H2,1-2H3,(H,32,37)(H,33,40)/t24-,25-/m0/s1. The molecule has 1 fully saturated rings. The number of nitrogens with one attached hydrogen (secondary N) is 2. The monoisotopic (exact) mass is 567 g/mol. The summed E-state index contributed by atoms with van der Waals surface area (Å²) in [6.45, 7) is 4.51. The van der Waals surface area contributed by atoms with Crippen molar-refractivity contribution in [3.05, 3.63) is 69.9 Å². The maximum absolute atomic E-state index is 14.7. The number of hydrogen-bond donors (Lipinski definition) is 2. The fourth-order valence-corrected chi connectivity index (χ4v) is 5.29. The molecular weight excluding hydrogens is 529 g/mol. The van der Waals surface area contributed by atoms with Crippen molar-refractivity contribution in [2.45, 2.75) is 64.6 Å². The van der Waals surface area contributed by atoms with Crippen molar-refractivity contribution in [2.75, 3.05) is 26.2 Å². The van der Waals surface area contributed by atoms with E-state index in [0.717, 1.165) is 5.56 Å². The molecular formula is C30H38FN5O5. The average molecular weight is 568 g/mol. The summed E-state index contributed by atoms with van der Waals surface area (Å²) in [4.78, 5) is 68.1. The molecule has 11 heteroatoms.